The first-order valence-corrected chi connectivity index (χ1v) is 9.26. The highest BCUT2D eigenvalue weighted by Gasteiger charge is 2.22. The maximum Gasteiger partial charge on any atom is 0.193 e. The molecule has 2 rings (SSSR count). The van der Waals surface area contributed by atoms with Gasteiger partial charge in [0.1, 0.15) is 6.61 Å². The Balaban J connectivity index is 0.00000364. The van der Waals surface area contributed by atoms with Crippen LogP contribution in [0.2, 0.25) is 0 Å². The van der Waals surface area contributed by atoms with Crippen LogP contribution in [0.15, 0.2) is 29.3 Å². The monoisotopic (exact) mass is 493 g/mol. The third-order valence-electron chi connectivity index (χ3n) is 4.65. The number of piperazine rings is 1. The molecule has 0 aromatic heterocycles. The maximum absolute atomic E-state index is 13.6. The van der Waals surface area contributed by atoms with Crippen LogP contribution >= 0.6 is 24.0 Å². The SMILES string of the molecule is CCNC(=NCC1CN(C)CCN1C)N(C)CCOc1ccccc1F.I. The molecular formula is C19H33FIN5O. The van der Waals surface area contributed by atoms with Gasteiger partial charge in [-0.15, -0.1) is 24.0 Å². The molecule has 0 saturated carbocycles. The standard InChI is InChI=1S/C19H32FN5O.HI/c1-5-21-19(22-14-16-15-23(2)10-11-24(16)3)25(4)12-13-26-18-9-7-6-8-17(18)20;/h6-9,16H,5,10-15H2,1-4H3,(H,21,22);1H. The van der Waals surface area contributed by atoms with Gasteiger partial charge in [-0.2, -0.15) is 0 Å². The summed E-state index contributed by atoms with van der Waals surface area (Å²) in [5.74, 6) is 0.807. The number of para-hydroxylation sites is 1. The second-order valence-electron chi connectivity index (χ2n) is 6.79. The van der Waals surface area contributed by atoms with Crippen LogP contribution in [0.1, 0.15) is 6.92 Å². The van der Waals surface area contributed by atoms with Crippen molar-refractivity contribution in [2.75, 3.05) is 67.0 Å². The van der Waals surface area contributed by atoms with Crippen molar-refractivity contribution in [3.8, 4) is 5.75 Å². The largest absolute Gasteiger partial charge is 0.489 e. The van der Waals surface area contributed by atoms with E-state index in [-0.39, 0.29) is 35.5 Å². The van der Waals surface area contributed by atoms with Crippen molar-refractivity contribution in [2.24, 2.45) is 4.99 Å². The highest BCUT2D eigenvalue weighted by Crippen LogP contribution is 2.15. The van der Waals surface area contributed by atoms with Gasteiger partial charge in [0, 0.05) is 39.3 Å². The summed E-state index contributed by atoms with van der Waals surface area (Å²) in [5, 5.41) is 3.32. The third kappa shape index (κ3) is 7.79. The number of ether oxygens (including phenoxy) is 1. The molecule has 1 unspecified atom stereocenters. The average molecular weight is 493 g/mol. The lowest BCUT2D eigenvalue weighted by Crippen LogP contribution is -2.51. The molecule has 6 nitrogen and oxygen atoms in total. The van der Waals surface area contributed by atoms with Crippen molar-refractivity contribution in [3.05, 3.63) is 30.1 Å². The number of halogens is 2. The minimum absolute atomic E-state index is 0. The molecule has 8 heteroatoms. The van der Waals surface area contributed by atoms with Crippen LogP contribution < -0.4 is 10.1 Å². The van der Waals surface area contributed by atoms with Gasteiger partial charge in [-0.3, -0.25) is 9.89 Å². The fourth-order valence-electron chi connectivity index (χ4n) is 2.92. The van der Waals surface area contributed by atoms with Crippen molar-refractivity contribution < 1.29 is 9.13 Å². The van der Waals surface area contributed by atoms with Crippen LogP contribution in [0.5, 0.6) is 5.75 Å². The Bertz CT molecular complexity index is 589. The van der Waals surface area contributed by atoms with Gasteiger partial charge in [0.05, 0.1) is 13.1 Å². The van der Waals surface area contributed by atoms with Crippen molar-refractivity contribution >= 4 is 29.9 Å². The van der Waals surface area contributed by atoms with Gasteiger partial charge in [0.15, 0.2) is 17.5 Å². The Morgan fingerprint density at radius 2 is 2.07 bits per heavy atom. The van der Waals surface area contributed by atoms with E-state index < -0.39 is 0 Å². The van der Waals surface area contributed by atoms with Crippen LogP contribution in [-0.4, -0.2) is 93.7 Å². The number of likely N-dealkylation sites (N-methyl/N-ethyl adjacent to an activating group) is 3. The summed E-state index contributed by atoms with van der Waals surface area (Å²) < 4.78 is 19.2. The molecule has 1 aliphatic heterocycles. The highest BCUT2D eigenvalue weighted by molar-refractivity contribution is 14.0. The number of hydrogen-bond acceptors (Lipinski definition) is 4. The number of nitrogens with zero attached hydrogens (tertiary/aromatic N) is 4. The predicted molar refractivity (Wildman–Crippen MR) is 120 cm³/mol. The van der Waals surface area contributed by atoms with Crippen molar-refractivity contribution in [1.82, 2.24) is 20.0 Å². The van der Waals surface area contributed by atoms with Crippen LogP contribution in [0, 0.1) is 5.82 Å². The second kappa shape index (κ2) is 12.4. The van der Waals surface area contributed by atoms with Gasteiger partial charge < -0.3 is 19.9 Å². The molecule has 1 heterocycles. The Kier molecular flexibility index (Phi) is 10.9. The molecule has 154 valence electrons. The lowest BCUT2D eigenvalue weighted by molar-refractivity contribution is 0.119. The van der Waals surface area contributed by atoms with E-state index in [2.05, 4.69) is 36.1 Å². The molecule has 1 aliphatic rings. The molecule has 1 atom stereocenters. The minimum Gasteiger partial charge on any atom is -0.489 e. The van der Waals surface area contributed by atoms with Crippen molar-refractivity contribution in [2.45, 2.75) is 13.0 Å². The average Bonchev–Trinajstić information content (AvgIpc) is 2.62. The van der Waals surface area contributed by atoms with Crippen molar-refractivity contribution in [1.29, 1.82) is 0 Å². The van der Waals surface area contributed by atoms with Crippen LogP contribution in [-0.2, 0) is 0 Å². The summed E-state index contributed by atoms with van der Waals surface area (Å²) in [6, 6.07) is 6.90. The van der Waals surface area contributed by atoms with E-state index in [0.29, 0.717) is 19.2 Å². The molecule has 0 spiro atoms. The number of hydrogen-bond donors (Lipinski definition) is 1. The first-order valence-electron chi connectivity index (χ1n) is 9.26. The first kappa shape index (κ1) is 23.9. The zero-order valence-corrected chi connectivity index (χ0v) is 19.2. The molecular weight excluding hydrogens is 460 g/mol. The highest BCUT2D eigenvalue weighted by atomic mass is 127. The lowest BCUT2D eigenvalue weighted by Gasteiger charge is -2.37. The third-order valence-corrected chi connectivity index (χ3v) is 4.65. The molecule has 1 N–H and O–H groups in total. The van der Waals surface area contributed by atoms with Gasteiger partial charge in [-0.05, 0) is 33.2 Å². The Labute approximate surface area is 179 Å². The van der Waals surface area contributed by atoms with E-state index in [4.69, 9.17) is 9.73 Å². The maximum atomic E-state index is 13.6. The molecule has 0 aliphatic carbocycles. The van der Waals surface area contributed by atoms with E-state index in [1.54, 1.807) is 18.2 Å². The fraction of sp³-hybridized carbons (Fsp3) is 0.632. The molecule has 1 saturated heterocycles. The molecule has 0 bridgehead atoms. The fourth-order valence-corrected chi connectivity index (χ4v) is 2.92. The molecule has 1 aromatic carbocycles. The van der Waals surface area contributed by atoms with Gasteiger partial charge in [-0.25, -0.2) is 4.39 Å². The van der Waals surface area contributed by atoms with E-state index in [0.717, 1.165) is 38.7 Å². The number of benzene rings is 1. The minimum atomic E-state index is -0.333. The molecule has 0 radical (unpaired) electrons. The zero-order chi connectivity index (χ0) is 18.9. The van der Waals surface area contributed by atoms with Crippen LogP contribution in [0.3, 0.4) is 0 Å². The van der Waals surface area contributed by atoms with Gasteiger partial charge in [0.2, 0.25) is 0 Å². The van der Waals surface area contributed by atoms with Gasteiger partial charge >= 0.3 is 0 Å². The molecule has 1 aromatic rings. The van der Waals surface area contributed by atoms with Crippen LogP contribution in [0.25, 0.3) is 0 Å². The summed E-state index contributed by atoms with van der Waals surface area (Å²) in [6.45, 7) is 7.83. The lowest BCUT2D eigenvalue weighted by atomic mass is 10.2. The smallest absolute Gasteiger partial charge is 0.193 e. The Morgan fingerprint density at radius 1 is 1.33 bits per heavy atom. The quantitative estimate of drug-likeness (QED) is 0.358. The number of aliphatic imine (C=N–C) groups is 1. The summed E-state index contributed by atoms with van der Waals surface area (Å²) in [5.41, 5.74) is 0. The zero-order valence-electron chi connectivity index (χ0n) is 16.8. The number of guanidine groups is 1. The molecule has 1 fully saturated rings. The second-order valence-corrected chi connectivity index (χ2v) is 6.79. The summed E-state index contributed by atoms with van der Waals surface area (Å²) in [6.07, 6.45) is 0. The van der Waals surface area contributed by atoms with E-state index in [1.165, 1.54) is 6.07 Å². The topological polar surface area (TPSA) is 43.3 Å². The van der Waals surface area contributed by atoms with E-state index >= 15 is 0 Å². The Morgan fingerprint density at radius 3 is 2.78 bits per heavy atom. The normalized spacial score (nSPS) is 18.7. The van der Waals surface area contributed by atoms with Gasteiger partial charge in [-0.1, -0.05) is 12.1 Å². The predicted octanol–water partition coefficient (Wildman–Crippen LogP) is 1.97. The number of rotatable bonds is 7. The van der Waals surface area contributed by atoms with E-state index in [1.807, 2.05) is 11.9 Å². The number of nitrogens with one attached hydrogen (secondary N) is 1. The van der Waals surface area contributed by atoms with Crippen LogP contribution in [0.4, 0.5) is 4.39 Å². The first-order chi connectivity index (χ1) is 12.5. The summed E-state index contributed by atoms with van der Waals surface area (Å²) >= 11 is 0. The summed E-state index contributed by atoms with van der Waals surface area (Å²) in [4.78, 5) is 11.5. The molecule has 0 amide bonds. The summed E-state index contributed by atoms with van der Waals surface area (Å²) in [7, 11) is 6.29. The van der Waals surface area contributed by atoms with Crippen molar-refractivity contribution in [3.63, 3.8) is 0 Å². The van der Waals surface area contributed by atoms with E-state index in [9.17, 15) is 4.39 Å². The van der Waals surface area contributed by atoms with Gasteiger partial charge in [0.25, 0.3) is 0 Å². The molecule has 27 heavy (non-hydrogen) atoms. The Hall–Kier alpha value is -1.13.